The van der Waals surface area contributed by atoms with Crippen LogP contribution in [0.4, 0.5) is 0 Å². The van der Waals surface area contributed by atoms with Crippen LogP contribution in [-0.4, -0.2) is 78.2 Å². The summed E-state index contributed by atoms with van der Waals surface area (Å²) in [5.74, 6) is 0.770. The maximum Gasteiger partial charge on any atom is 0.328 e. The molecule has 10 nitrogen and oxygen atoms in total. The zero-order valence-corrected chi connectivity index (χ0v) is 19.7. The molecule has 0 unspecified atom stereocenters. The van der Waals surface area contributed by atoms with E-state index in [1.165, 1.54) is 18.8 Å². The number of ether oxygens (including phenoxy) is 2. The van der Waals surface area contributed by atoms with E-state index in [-0.39, 0.29) is 35.8 Å². The van der Waals surface area contributed by atoms with Gasteiger partial charge in [0, 0.05) is 45.8 Å². The van der Waals surface area contributed by atoms with Gasteiger partial charge in [0.2, 0.25) is 11.8 Å². The zero-order chi connectivity index (χ0) is 24.2. The maximum atomic E-state index is 13.0. The van der Waals surface area contributed by atoms with E-state index in [4.69, 9.17) is 9.47 Å². The number of benzene rings is 1. The van der Waals surface area contributed by atoms with Crippen molar-refractivity contribution in [2.45, 2.75) is 32.2 Å². The summed E-state index contributed by atoms with van der Waals surface area (Å²) in [6.07, 6.45) is 3.04. The maximum absolute atomic E-state index is 13.0. The first-order valence-electron chi connectivity index (χ1n) is 11.8. The van der Waals surface area contributed by atoms with Crippen LogP contribution in [0.3, 0.4) is 0 Å². The monoisotopic (exact) mass is 472 g/mol. The van der Waals surface area contributed by atoms with Crippen molar-refractivity contribution in [2.75, 3.05) is 47.0 Å². The van der Waals surface area contributed by atoms with Crippen LogP contribution in [0.5, 0.6) is 5.75 Å². The van der Waals surface area contributed by atoms with Gasteiger partial charge in [-0.2, -0.15) is 0 Å². The number of aromatic amines is 1. The standard InChI is InChI=1S/C24H32N4O6/c1-33-15-21(29)26-9-11-27(12-10-26)22(30)17-5-3-16(4-6-17)14-28-23(31)19-13-18(34-2)7-8-20(19)25-24(28)32/h7-8,13,16-17H,3-6,9-12,14-15H2,1-2H3,(H,25,32)/t16-,17-. The minimum atomic E-state index is -0.415. The second-order valence-corrected chi connectivity index (χ2v) is 9.11. The van der Waals surface area contributed by atoms with E-state index in [1.54, 1.807) is 23.1 Å². The van der Waals surface area contributed by atoms with Crippen LogP contribution < -0.4 is 16.0 Å². The first-order chi connectivity index (χ1) is 16.4. The van der Waals surface area contributed by atoms with E-state index in [0.717, 1.165) is 25.7 Å². The molecule has 1 aliphatic carbocycles. The summed E-state index contributed by atoms with van der Waals surface area (Å²) in [5, 5.41) is 0.422. The van der Waals surface area contributed by atoms with Crippen molar-refractivity contribution in [2.24, 2.45) is 11.8 Å². The molecule has 0 spiro atoms. The minimum absolute atomic E-state index is 0.0478. The van der Waals surface area contributed by atoms with Gasteiger partial charge in [-0.15, -0.1) is 0 Å². The third-order valence-electron chi connectivity index (χ3n) is 7.04. The van der Waals surface area contributed by atoms with Crippen molar-refractivity contribution in [1.82, 2.24) is 19.4 Å². The molecule has 1 aromatic heterocycles. The molecule has 2 aromatic rings. The third kappa shape index (κ3) is 5.01. The number of carbonyl (C=O) groups excluding carboxylic acids is 2. The highest BCUT2D eigenvalue weighted by Gasteiger charge is 2.32. The fourth-order valence-electron chi connectivity index (χ4n) is 5.02. The fraction of sp³-hybridized carbons (Fsp3) is 0.583. The minimum Gasteiger partial charge on any atom is -0.497 e. The van der Waals surface area contributed by atoms with Crippen molar-refractivity contribution in [3.8, 4) is 5.75 Å². The Morgan fingerprint density at radius 1 is 1.00 bits per heavy atom. The summed E-state index contributed by atoms with van der Waals surface area (Å²) in [4.78, 5) is 56.9. The molecule has 1 N–H and O–H groups in total. The van der Waals surface area contributed by atoms with Crippen LogP contribution in [0.1, 0.15) is 25.7 Å². The van der Waals surface area contributed by atoms with Crippen LogP contribution in [0, 0.1) is 11.8 Å². The van der Waals surface area contributed by atoms with Gasteiger partial charge in [-0.05, 0) is 49.8 Å². The van der Waals surface area contributed by atoms with Crippen LogP contribution in [0.25, 0.3) is 10.9 Å². The molecule has 2 amide bonds. The van der Waals surface area contributed by atoms with E-state index in [2.05, 4.69) is 4.98 Å². The molecule has 1 aliphatic heterocycles. The molecule has 0 atom stereocenters. The summed E-state index contributed by atoms with van der Waals surface area (Å²) in [5.41, 5.74) is -0.246. The number of methoxy groups -OCH3 is 2. The number of rotatable bonds is 6. The SMILES string of the molecule is COCC(=O)N1CCN(C(=O)[C@H]2CC[C@H](Cn3c(=O)[nH]c4ccc(OC)cc4c3=O)CC2)CC1. The summed E-state index contributed by atoms with van der Waals surface area (Å²) in [7, 11) is 3.03. The molecule has 2 aliphatic rings. The number of fused-ring (bicyclic) bond motifs is 1. The number of hydrogen-bond donors (Lipinski definition) is 1. The molecule has 0 radical (unpaired) electrons. The van der Waals surface area contributed by atoms with Crippen molar-refractivity contribution in [3.63, 3.8) is 0 Å². The Kier molecular flexibility index (Phi) is 7.35. The zero-order valence-electron chi connectivity index (χ0n) is 19.7. The normalized spacial score (nSPS) is 21.0. The van der Waals surface area contributed by atoms with Crippen LogP contribution in [0.2, 0.25) is 0 Å². The lowest BCUT2D eigenvalue weighted by Gasteiger charge is -2.38. The van der Waals surface area contributed by atoms with Gasteiger partial charge in [0.05, 0.1) is 18.0 Å². The number of H-pyrrole nitrogens is 1. The molecule has 184 valence electrons. The van der Waals surface area contributed by atoms with Crippen molar-refractivity contribution >= 4 is 22.7 Å². The van der Waals surface area contributed by atoms with Gasteiger partial charge in [0.25, 0.3) is 5.56 Å². The van der Waals surface area contributed by atoms with Gasteiger partial charge in [0.1, 0.15) is 12.4 Å². The number of hydrogen-bond acceptors (Lipinski definition) is 6. The Morgan fingerprint density at radius 2 is 1.68 bits per heavy atom. The number of carbonyl (C=O) groups is 2. The van der Waals surface area contributed by atoms with Crippen molar-refractivity contribution in [1.29, 1.82) is 0 Å². The van der Waals surface area contributed by atoms with Crippen LogP contribution in [0.15, 0.2) is 27.8 Å². The summed E-state index contributed by atoms with van der Waals surface area (Å²) in [6, 6.07) is 5.02. The van der Waals surface area contributed by atoms with E-state index in [1.807, 2.05) is 4.90 Å². The quantitative estimate of drug-likeness (QED) is 0.666. The smallest absolute Gasteiger partial charge is 0.328 e. The van der Waals surface area contributed by atoms with Crippen LogP contribution >= 0.6 is 0 Å². The highest BCUT2D eigenvalue weighted by atomic mass is 16.5. The molecule has 34 heavy (non-hydrogen) atoms. The number of nitrogens with zero attached hydrogens (tertiary/aromatic N) is 3. The Bertz CT molecular complexity index is 1160. The highest BCUT2D eigenvalue weighted by molar-refractivity contribution is 5.81. The second kappa shape index (κ2) is 10.4. The van der Waals surface area contributed by atoms with Gasteiger partial charge in [-0.3, -0.25) is 19.0 Å². The van der Waals surface area contributed by atoms with Crippen LogP contribution in [-0.2, 0) is 20.9 Å². The van der Waals surface area contributed by atoms with Gasteiger partial charge < -0.3 is 24.3 Å². The van der Waals surface area contributed by atoms with Gasteiger partial charge in [0.15, 0.2) is 0 Å². The first-order valence-corrected chi connectivity index (χ1v) is 11.8. The number of nitrogens with one attached hydrogen (secondary N) is 1. The lowest BCUT2D eigenvalue weighted by Crippen LogP contribution is -2.52. The Balaban J connectivity index is 1.34. The average molecular weight is 473 g/mol. The lowest BCUT2D eigenvalue weighted by atomic mass is 9.81. The summed E-state index contributed by atoms with van der Waals surface area (Å²) >= 11 is 0. The number of aromatic nitrogens is 2. The van der Waals surface area contributed by atoms with Crippen molar-refractivity contribution in [3.05, 3.63) is 39.0 Å². The molecular formula is C24H32N4O6. The summed E-state index contributed by atoms with van der Waals surface area (Å²) < 4.78 is 11.4. The fourth-order valence-corrected chi connectivity index (χ4v) is 5.02. The van der Waals surface area contributed by atoms with E-state index < -0.39 is 5.69 Å². The highest BCUT2D eigenvalue weighted by Crippen LogP contribution is 2.31. The number of piperazine rings is 1. The Morgan fingerprint density at radius 3 is 2.32 bits per heavy atom. The largest absolute Gasteiger partial charge is 0.497 e. The van der Waals surface area contributed by atoms with Gasteiger partial charge in [-0.1, -0.05) is 0 Å². The Hall–Kier alpha value is -3.14. The summed E-state index contributed by atoms with van der Waals surface area (Å²) in [6.45, 7) is 2.54. The second-order valence-electron chi connectivity index (χ2n) is 9.11. The molecule has 4 rings (SSSR count). The third-order valence-corrected chi connectivity index (χ3v) is 7.04. The molecular weight excluding hydrogens is 440 g/mol. The van der Waals surface area contributed by atoms with Crippen molar-refractivity contribution < 1.29 is 19.1 Å². The Labute approximate surface area is 197 Å². The van der Waals surface area contributed by atoms with E-state index in [0.29, 0.717) is 49.4 Å². The molecule has 1 saturated heterocycles. The molecule has 1 saturated carbocycles. The molecule has 0 bridgehead atoms. The van der Waals surface area contributed by atoms with Gasteiger partial charge in [-0.25, -0.2) is 4.79 Å². The first kappa shape index (κ1) is 24.0. The van der Waals surface area contributed by atoms with E-state index in [9.17, 15) is 19.2 Å². The lowest BCUT2D eigenvalue weighted by molar-refractivity contribution is -0.144. The van der Waals surface area contributed by atoms with Gasteiger partial charge >= 0.3 is 5.69 Å². The molecule has 1 aromatic carbocycles. The predicted molar refractivity (Wildman–Crippen MR) is 126 cm³/mol. The molecule has 10 heteroatoms. The average Bonchev–Trinajstić information content (AvgIpc) is 2.86. The predicted octanol–water partition coefficient (Wildman–Crippen LogP) is 0.822. The topological polar surface area (TPSA) is 114 Å². The molecule has 2 heterocycles. The number of amides is 2. The van der Waals surface area contributed by atoms with E-state index >= 15 is 0 Å². The molecule has 2 fully saturated rings.